The summed E-state index contributed by atoms with van der Waals surface area (Å²) in [7, 11) is 0. The summed E-state index contributed by atoms with van der Waals surface area (Å²) in [6.07, 6.45) is 0. The number of benzene rings is 3. The monoisotopic (exact) mass is 441 g/mol. The number of hydrogen-bond donors (Lipinski definition) is 2. The molecule has 1 aliphatic heterocycles. The first-order valence-corrected chi connectivity index (χ1v) is 10.9. The van der Waals surface area contributed by atoms with Crippen LogP contribution in [0.2, 0.25) is 0 Å². The summed E-state index contributed by atoms with van der Waals surface area (Å²) in [5.41, 5.74) is 3.37. The predicted octanol–water partition coefficient (Wildman–Crippen LogP) is 5.62. The molecule has 168 valence electrons. The Hall–Kier alpha value is -3.86. The molecule has 3 aromatic carbocycles. The van der Waals surface area contributed by atoms with Crippen molar-refractivity contribution < 1.29 is 19.8 Å². The number of anilines is 1. The van der Waals surface area contributed by atoms with Gasteiger partial charge in [0.15, 0.2) is 0 Å². The third-order valence-electron chi connectivity index (χ3n) is 6.05. The van der Waals surface area contributed by atoms with E-state index in [1.54, 1.807) is 36.4 Å². The van der Waals surface area contributed by atoms with Gasteiger partial charge in [0, 0.05) is 11.3 Å². The quantitative estimate of drug-likeness (QED) is 0.314. The molecule has 1 saturated heterocycles. The number of phenols is 1. The normalized spacial score (nSPS) is 18.1. The van der Waals surface area contributed by atoms with Gasteiger partial charge in [0.05, 0.1) is 11.6 Å². The summed E-state index contributed by atoms with van der Waals surface area (Å²) in [5, 5.41) is 21.2. The molecule has 0 spiro atoms. The lowest BCUT2D eigenvalue weighted by atomic mass is 9.84. The van der Waals surface area contributed by atoms with Crippen LogP contribution in [0.3, 0.4) is 0 Å². The van der Waals surface area contributed by atoms with Gasteiger partial charge in [-0.15, -0.1) is 0 Å². The molecule has 1 aliphatic rings. The molecule has 3 aromatic rings. The van der Waals surface area contributed by atoms with Crippen molar-refractivity contribution in [2.75, 3.05) is 4.90 Å². The van der Waals surface area contributed by atoms with Crippen molar-refractivity contribution in [3.05, 3.63) is 101 Å². The molecular formula is C28H27NO4. The summed E-state index contributed by atoms with van der Waals surface area (Å²) in [6, 6.07) is 20.2. The van der Waals surface area contributed by atoms with Crippen LogP contribution in [0.4, 0.5) is 5.69 Å². The van der Waals surface area contributed by atoms with Gasteiger partial charge in [-0.05, 0) is 59.4 Å². The van der Waals surface area contributed by atoms with Crippen LogP contribution in [-0.2, 0) is 15.0 Å². The van der Waals surface area contributed by atoms with Gasteiger partial charge in [0.2, 0.25) is 0 Å². The Bertz CT molecular complexity index is 1250. The number of aliphatic hydroxyl groups excluding tert-OH is 1. The van der Waals surface area contributed by atoms with E-state index in [0.29, 0.717) is 16.8 Å². The number of hydrogen-bond acceptors (Lipinski definition) is 4. The molecule has 5 nitrogen and oxygen atoms in total. The summed E-state index contributed by atoms with van der Waals surface area (Å²) in [6.45, 7) is 8.09. The van der Waals surface area contributed by atoms with Crippen molar-refractivity contribution >= 4 is 23.1 Å². The number of rotatable bonds is 3. The van der Waals surface area contributed by atoms with Gasteiger partial charge in [-0.3, -0.25) is 14.5 Å². The maximum absolute atomic E-state index is 13.3. The van der Waals surface area contributed by atoms with Crippen LogP contribution >= 0.6 is 0 Å². The number of para-hydroxylation sites is 1. The molecule has 4 rings (SSSR count). The summed E-state index contributed by atoms with van der Waals surface area (Å²) in [5.74, 6) is -1.57. The smallest absolute Gasteiger partial charge is 0.300 e. The van der Waals surface area contributed by atoms with Crippen molar-refractivity contribution in [2.24, 2.45) is 0 Å². The van der Waals surface area contributed by atoms with Gasteiger partial charge in [0.1, 0.15) is 11.5 Å². The second-order valence-corrected chi connectivity index (χ2v) is 9.38. The minimum Gasteiger partial charge on any atom is -0.508 e. The number of ketones is 1. The standard InChI is InChI=1S/C28H27NO4/c1-17-10-13-19(28(2,3)4)16-22(17)25(31)23-24(18-11-14-21(30)15-12-18)29(27(33)26(23)32)20-8-6-5-7-9-20/h5-16,24,30-31H,1-4H3/b25-23+. The molecule has 1 fully saturated rings. The van der Waals surface area contributed by atoms with Crippen LogP contribution < -0.4 is 4.90 Å². The first-order valence-electron chi connectivity index (χ1n) is 10.9. The van der Waals surface area contributed by atoms with Crippen LogP contribution in [0.15, 0.2) is 78.4 Å². The molecule has 1 amide bonds. The number of carbonyl (C=O) groups excluding carboxylic acids is 2. The number of aryl methyl sites for hydroxylation is 1. The Morgan fingerprint density at radius 3 is 2.15 bits per heavy atom. The molecule has 1 atom stereocenters. The van der Waals surface area contributed by atoms with Crippen molar-refractivity contribution in [2.45, 2.75) is 39.2 Å². The molecular weight excluding hydrogens is 414 g/mol. The van der Waals surface area contributed by atoms with E-state index < -0.39 is 17.7 Å². The fourth-order valence-electron chi connectivity index (χ4n) is 4.15. The third-order valence-corrected chi connectivity index (χ3v) is 6.05. The molecule has 1 heterocycles. The van der Waals surface area contributed by atoms with Gasteiger partial charge in [-0.2, -0.15) is 0 Å². The van der Waals surface area contributed by atoms with Crippen molar-refractivity contribution in [1.29, 1.82) is 0 Å². The topological polar surface area (TPSA) is 77.8 Å². The molecule has 0 saturated carbocycles. The highest BCUT2D eigenvalue weighted by Gasteiger charge is 2.47. The highest BCUT2D eigenvalue weighted by molar-refractivity contribution is 6.51. The molecule has 1 unspecified atom stereocenters. The number of aromatic hydroxyl groups is 1. The second-order valence-electron chi connectivity index (χ2n) is 9.38. The highest BCUT2D eigenvalue weighted by Crippen LogP contribution is 2.43. The van der Waals surface area contributed by atoms with Crippen molar-refractivity contribution in [3.63, 3.8) is 0 Å². The zero-order valence-corrected chi connectivity index (χ0v) is 19.2. The maximum atomic E-state index is 13.3. The van der Waals surface area contributed by atoms with Crippen LogP contribution in [-0.4, -0.2) is 21.9 Å². The van der Waals surface area contributed by atoms with Crippen LogP contribution in [0.5, 0.6) is 5.75 Å². The molecule has 0 radical (unpaired) electrons. The van der Waals surface area contributed by atoms with Gasteiger partial charge >= 0.3 is 0 Å². The van der Waals surface area contributed by atoms with Crippen molar-refractivity contribution in [3.8, 4) is 5.75 Å². The van der Waals surface area contributed by atoms with Gasteiger partial charge in [-0.25, -0.2) is 0 Å². The number of aliphatic hydroxyl groups is 1. The fourth-order valence-corrected chi connectivity index (χ4v) is 4.15. The fraction of sp³-hybridized carbons (Fsp3) is 0.214. The number of nitrogens with zero attached hydrogens (tertiary/aromatic N) is 1. The Labute approximate surface area is 193 Å². The van der Waals surface area contributed by atoms with Gasteiger partial charge in [0.25, 0.3) is 11.7 Å². The lowest BCUT2D eigenvalue weighted by Gasteiger charge is -2.26. The zero-order valence-electron chi connectivity index (χ0n) is 19.2. The number of Topliss-reactive ketones (excluding diaryl/α,β-unsaturated/α-hetero) is 1. The Kier molecular flexibility index (Phi) is 5.58. The van der Waals surface area contributed by atoms with Gasteiger partial charge < -0.3 is 10.2 Å². The largest absolute Gasteiger partial charge is 0.508 e. The van der Waals surface area contributed by atoms with Gasteiger partial charge in [-0.1, -0.05) is 63.2 Å². The first-order chi connectivity index (χ1) is 15.6. The lowest BCUT2D eigenvalue weighted by molar-refractivity contribution is -0.132. The maximum Gasteiger partial charge on any atom is 0.300 e. The predicted molar refractivity (Wildman–Crippen MR) is 129 cm³/mol. The van der Waals surface area contributed by atoms with Crippen molar-refractivity contribution in [1.82, 2.24) is 0 Å². The lowest BCUT2D eigenvalue weighted by Crippen LogP contribution is -2.29. The molecule has 2 N–H and O–H groups in total. The Balaban J connectivity index is 1.97. The van der Waals surface area contributed by atoms with E-state index in [4.69, 9.17) is 0 Å². The van der Waals surface area contributed by atoms with E-state index in [-0.39, 0.29) is 22.5 Å². The molecule has 5 heteroatoms. The number of carbonyl (C=O) groups is 2. The average molecular weight is 442 g/mol. The average Bonchev–Trinajstić information content (AvgIpc) is 3.04. The Morgan fingerprint density at radius 1 is 0.909 bits per heavy atom. The number of amides is 1. The zero-order chi connectivity index (χ0) is 23.9. The van der Waals surface area contributed by atoms with Crippen LogP contribution in [0.25, 0.3) is 5.76 Å². The number of phenolic OH excluding ortho intramolecular Hbond substituents is 1. The molecule has 0 aliphatic carbocycles. The van der Waals surface area contributed by atoms with Crippen LogP contribution in [0.1, 0.15) is 49.1 Å². The Morgan fingerprint density at radius 2 is 1.55 bits per heavy atom. The van der Waals surface area contributed by atoms with E-state index in [1.807, 2.05) is 31.2 Å². The van der Waals surface area contributed by atoms with Crippen LogP contribution in [0, 0.1) is 6.92 Å². The first kappa shape index (κ1) is 22.3. The summed E-state index contributed by atoms with van der Waals surface area (Å²) >= 11 is 0. The van der Waals surface area contributed by atoms with E-state index >= 15 is 0 Å². The van der Waals surface area contributed by atoms with E-state index in [9.17, 15) is 19.8 Å². The second kappa shape index (κ2) is 8.24. The molecule has 0 aromatic heterocycles. The molecule has 0 bridgehead atoms. The SMILES string of the molecule is Cc1ccc(C(C)(C)C)cc1/C(O)=C1\C(=O)C(=O)N(c2ccccc2)C1c1ccc(O)cc1. The molecule has 33 heavy (non-hydrogen) atoms. The summed E-state index contributed by atoms with van der Waals surface area (Å²) < 4.78 is 0. The van der Waals surface area contributed by atoms with E-state index in [0.717, 1.165) is 11.1 Å². The summed E-state index contributed by atoms with van der Waals surface area (Å²) in [4.78, 5) is 27.9. The minimum absolute atomic E-state index is 0.0312. The van der Waals surface area contributed by atoms with E-state index in [1.165, 1.54) is 17.0 Å². The third kappa shape index (κ3) is 4.02. The minimum atomic E-state index is -0.828. The highest BCUT2D eigenvalue weighted by atomic mass is 16.3. The van der Waals surface area contributed by atoms with E-state index in [2.05, 4.69) is 20.8 Å².